The van der Waals surface area contributed by atoms with Crippen LogP contribution < -0.4 is 4.90 Å². The number of rotatable bonds is 9. The number of carbonyl (C=O) groups excluding carboxylic acids is 2. The van der Waals surface area contributed by atoms with E-state index in [1.807, 2.05) is 36.1 Å². The van der Waals surface area contributed by atoms with Gasteiger partial charge in [-0.05, 0) is 19.1 Å². The molecule has 0 bridgehead atoms. The zero-order valence-corrected chi connectivity index (χ0v) is 13.3. The Balaban J connectivity index is 2.10. The van der Waals surface area contributed by atoms with Crippen molar-refractivity contribution in [2.75, 3.05) is 38.3 Å². The number of cyclic esters (lactones) is 2. The van der Waals surface area contributed by atoms with Gasteiger partial charge in [0.05, 0.1) is 19.7 Å². The van der Waals surface area contributed by atoms with Crippen LogP contribution in [0.5, 0.6) is 0 Å². The highest BCUT2D eigenvalue weighted by atomic mass is 16.8. The summed E-state index contributed by atoms with van der Waals surface area (Å²) in [6.07, 6.45) is -1.43. The molecule has 1 aromatic carbocycles. The maximum atomic E-state index is 11.1. The Labute approximate surface area is 135 Å². The van der Waals surface area contributed by atoms with Crippen LogP contribution in [0.15, 0.2) is 24.3 Å². The maximum Gasteiger partial charge on any atom is 0.508 e. The molecule has 0 saturated carbocycles. The molecule has 2 rings (SSSR count). The number of methoxy groups -OCH3 is 1. The van der Waals surface area contributed by atoms with E-state index in [1.165, 1.54) is 0 Å². The molecule has 2 atom stereocenters. The number of benzene rings is 1. The first kappa shape index (κ1) is 17.1. The van der Waals surface area contributed by atoms with Gasteiger partial charge in [0.2, 0.25) is 0 Å². The number of ether oxygens (including phenoxy) is 4. The van der Waals surface area contributed by atoms with Gasteiger partial charge >= 0.3 is 6.16 Å². The first-order chi connectivity index (χ1) is 11.1. The summed E-state index contributed by atoms with van der Waals surface area (Å²) in [5.41, 5.74) is 2.08. The summed E-state index contributed by atoms with van der Waals surface area (Å²) in [5.74, 6) is 0. The lowest BCUT2D eigenvalue weighted by atomic mass is 10.2. The molecule has 0 amide bonds. The topological polar surface area (TPSA) is 74.3 Å². The molecule has 1 aliphatic rings. The third-order valence-electron chi connectivity index (χ3n) is 3.50. The lowest BCUT2D eigenvalue weighted by Gasteiger charge is -2.29. The molecule has 7 nitrogen and oxygen atoms in total. The van der Waals surface area contributed by atoms with Gasteiger partial charge in [-0.2, -0.15) is 0 Å². The molecule has 126 valence electrons. The normalized spacial score (nSPS) is 18.0. The van der Waals surface area contributed by atoms with Crippen molar-refractivity contribution in [1.29, 1.82) is 0 Å². The van der Waals surface area contributed by atoms with Crippen molar-refractivity contribution < 1.29 is 28.5 Å². The van der Waals surface area contributed by atoms with Crippen molar-refractivity contribution in [3.8, 4) is 0 Å². The number of hydrogen-bond acceptors (Lipinski definition) is 7. The summed E-state index contributed by atoms with van der Waals surface area (Å²) >= 11 is 0. The predicted octanol–water partition coefficient (Wildman–Crippen LogP) is 1.52. The summed E-state index contributed by atoms with van der Waals surface area (Å²) in [7, 11) is 1.55. The third kappa shape index (κ3) is 5.14. The Bertz CT molecular complexity index is 518. The summed E-state index contributed by atoms with van der Waals surface area (Å²) in [5, 5.41) is 0. The van der Waals surface area contributed by atoms with Crippen LogP contribution in [0.4, 0.5) is 10.5 Å². The molecule has 1 saturated heterocycles. The smallest absolute Gasteiger partial charge is 0.460 e. The summed E-state index contributed by atoms with van der Waals surface area (Å²) < 4.78 is 20.1. The lowest BCUT2D eigenvalue weighted by molar-refractivity contribution is -0.135. The van der Waals surface area contributed by atoms with Crippen LogP contribution in [-0.2, 0) is 23.7 Å². The Morgan fingerprint density at radius 3 is 2.70 bits per heavy atom. The maximum absolute atomic E-state index is 11.1. The molecular formula is C16H21NO6. The second kappa shape index (κ2) is 8.38. The highest BCUT2D eigenvalue weighted by molar-refractivity contribution is 5.62. The van der Waals surface area contributed by atoms with Crippen molar-refractivity contribution in [1.82, 2.24) is 0 Å². The van der Waals surface area contributed by atoms with E-state index in [0.717, 1.165) is 11.3 Å². The van der Waals surface area contributed by atoms with E-state index in [4.69, 9.17) is 18.9 Å². The molecular weight excluding hydrogens is 302 g/mol. The van der Waals surface area contributed by atoms with Crippen molar-refractivity contribution in [3.63, 3.8) is 0 Å². The molecule has 1 heterocycles. The van der Waals surface area contributed by atoms with E-state index in [1.54, 1.807) is 7.11 Å². The lowest BCUT2D eigenvalue weighted by Crippen LogP contribution is -2.41. The van der Waals surface area contributed by atoms with Crippen LogP contribution in [-0.4, -0.2) is 58.2 Å². The highest BCUT2D eigenvalue weighted by Gasteiger charge is 2.28. The van der Waals surface area contributed by atoms with Crippen LogP contribution in [0.25, 0.3) is 0 Å². The molecule has 2 unspecified atom stereocenters. The van der Waals surface area contributed by atoms with Crippen molar-refractivity contribution >= 4 is 18.3 Å². The zero-order chi connectivity index (χ0) is 16.7. The minimum Gasteiger partial charge on any atom is -0.460 e. The van der Waals surface area contributed by atoms with Gasteiger partial charge in [-0.15, -0.1) is 0 Å². The number of anilines is 1. The Morgan fingerprint density at radius 2 is 2.13 bits per heavy atom. The van der Waals surface area contributed by atoms with Crippen LogP contribution in [0.2, 0.25) is 0 Å². The first-order valence-corrected chi connectivity index (χ1v) is 7.35. The molecule has 1 fully saturated rings. The van der Waals surface area contributed by atoms with Crippen LogP contribution in [0, 0.1) is 6.92 Å². The highest BCUT2D eigenvalue weighted by Crippen LogP contribution is 2.19. The van der Waals surface area contributed by atoms with Gasteiger partial charge < -0.3 is 23.8 Å². The van der Waals surface area contributed by atoms with Crippen molar-refractivity contribution in [2.24, 2.45) is 0 Å². The van der Waals surface area contributed by atoms with Crippen LogP contribution in [0.1, 0.15) is 5.56 Å². The fourth-order valence-corrected chi connectivity index (χ4v) is 2.39. The molecule has 7 heteroatoms. The first-order valence-electron chi connectivity index (χ1n) is 7.35. The molecule has 23 heavy (non-hydrogen) atoms. The number of carbonyl (C=O) groups is 2. The largest absolute Gasteiger partial charge is 0.508 e. The Kier molecular flexibility index (Phi) is 6.22. The minimum absolute atomic E-state index is 0.213. The Morgan fingerprint density at radius 1 is 1.39 bits per heavy atom. The molecule has 1 aliphatic heterocycles. The van der Waals surface area contributed by atoms with Gasteiger partial charge in [0.25, 0.3) is 6.47 Å². The summed E-state index contributed by atoms with van der Waals surface area (Å²) in [6, 6.07) is 7.92. The number of nitrogens with zero attached hydrogens (tertiary/aromatic N) is 1. The van der Waals surface area contributed by atoms with Gasteiger partial charge in [-0.1, -0.05) is 17.7 Å². The van der Waals surface area contributed by atoms with Gasteiger partial charge in [0, 0.05) is 12.8 Å². The average Bonchev–Trinajstić information content (AvgIpc) is 2.93. The van der Waals surface area contributed by atoms with Crippen LogP contribution >= 0.6 is 0 Å². The number of hydrogen-bond donors (Lipinski definition) is 0. The molecule has 1 aromatic rings. The average molecular weight is 323 g/mol. The van der Waals surface area contributed by atoms with E-state index < -0.39 is 12.3 Å². The number of aryl methyl sites for hydroxylation is 1. The van der Waals surface area contributed by atoms with Gasteiger partial charge in [-0.25, -0.2) is 4.79 Å². The van der Waals surface area contributed by atoms with Gasteiger partial charge in [0.1, 0.15) is 12.7 Å². The van der Waals surface area contributed by atoms with Crippen molar-refractivity contribution in [3.05, 3.63) is 29.8 Å². The Hall–Kier alpha value is -2.28. The second-order valence-electron chi connectivity index (χ2n) is 5.35. The fourth-order valence-electron chi connectivity index (χ4n) is 2.39. The van der Waals surface area contributed by atoms with E-state index in [2.05, 4.69) is 0 Å². The second-order valence-corrected chi connectivity index (χ2v) is 5.35. The third-order valence-corrected chi connectivity index (χ3v) is 3.50. The van der Waals surface area contributed by atoms with E-state index in [0.29, 0.717) is 19.6 Å². The molecule has 0 aliphatic carbocycles. The molecule has 0 aromatic heterocycles. The minimum atomic E-state index is -0.656. The fraction of sp³-hybridized carbons (Fsp3) is 0.500. The standard InChI is InChI=1S/C16H21NO6/c1-12-3-5-13(6-4-12)17(7-14(9-20-2)22-11-18)8-15-10-21-16(19)23-15/h3-6,11,14-15H,7-10H2,1-2H3. The summed E-state index contributed by atoms with van der Waals surface area (Å²) in [6.45, 7) is 3.77. The van der Waals surface area contributed by atoms with E-state index in [9.17, 15) is 9.59 Å². The predicted molar refractivity (Wildman–Crippen MR) is 82.4 cm³/mol. The molecule has 0 spiro atoms. The summed E-state index contributed by atoms with van der Waals surface area (Å²) in [4.78, 5) is 23.7. The molecule has 0 radical (unpaired) electrons. The monoisotopic (exact) mass is 323 g/mol. The van der Waals surface area contributed by atoms with E-state index >= 15 is 0 Å². The van der Waals surface area contributed by atoms with Crippen LogP contribution in [0.3, 0.4) is 0 Å². The van der Waals surface area contributed by atoms with Gasteiger partial charge in [0.15, 0.2) is 6.10 Å². The van der Waals surface area contributed by atoms with Crippen molar-refractivity contribution in [2.45, 2.75) is 19.1 Å². The molecule has 0 N–H and O–H groups in total. The quantitative estimate of drug-likeness (QED) is 0.504. The SMILES string of the molecule is COCC(CN(CC1COC(=O)O1)c1ccc(C)cc1)OC=O. The van der Waals surface area contributed by atoms with E-state index in [-0.39, 0.29) is 19.3 Å². The zero-order valence-electron chi connectivity index (χ0n) is 13.3. The van der Waals surface area contributed by atoms with Gasteiger partial charge in [-0.3, -0.25) is 4.79 Å².